The summed E-state index contributed by atoms with van der Waals surface area (Å²) < 4.78 is 5.85. The van der Waals surface area contributed by atoms with Gasteiger partial charge in [-0.25, -0.2) is 0 Å². The van der Waals surface area contributed by atoms with Crippen molar-refractivity contribution in [3.63, 3.8) is 0 Å². The largest absolute Gasteiger partial charge is 0.488 e. The average molecular weight is 255 g/mol. The zero-order valence-electron chi connectivity index (χ0n) is 11.1. The molecule has 1 aliphatic rings. The van der Waals surface area contributed by atoms with Crippen molar-refractivity contribution in [2.45, 2.75) is 12.7 Å². The Balaban J connectivity index is 2.09. The van der Waals surface area contributed by atoms with Gasteiger partial charge < -0.3 is 14.7 Å². The molecule has 1 heterocycles. The van der Waals surface area contributed by atoms with Crippen LogP contribution in [0, 0.1) is 0 Å². The van der Waals surface area contributed by atoms with E-state index in [0.29, 0.717) is 6.61 Å². The van der Waals surface area contributed by atoms with Crippen molar-refractivity contribution in [3.8, 4) is 5.75 Å². The van der Waals surface area contributed by atoms with E-state index in [4.69, 9.17) is 4.74 Å². The van der Waals surface area contributed by atoms with Crippen LogP contribution in [-0.4, -0.2) is 19.2 Å². The number of rotatable bonds is 1. The third-order valence-electron chi connectivity index (χ3n) is 3.54. The summed E-state index contributed by atoms with van der Waals surface area (Å²) in [5.41, 5.74) is 3.86. The molecule has 0 radical (unpaired) electrons. The van der Waals surface area contributed by atoms with Crippen molar-refractivity contribution in [1.82, 2.24) is 0 Å². The summed E-state index contributed by atoms with van der Waals surface area (Å²) >= 11 is 0. The summed E-state index contributed by atoms with van der Waals surface area (Å²) in [5, 5.41) is 10.5. The second-order valence-electron chi connectivity index (χ2n) is 5.01. The zero-order chi connectivity index (χ0) is 13.4. The van der Waals surface area contributed by atoms with Crippen LogP contribution < -0.4 is 9.64 Å². The number of hydrogen-bond donors (Lipinski definition) is 1. The van der Waals surface area contributed by atoms with Gasteiger partial charge in [0.15, 0.2) is 0 Å². The summed E-state index contributed by atoms with van der Waals surface area (Å²) in [5.74, 6) is 0.759. The van der Waals surface area contributed by atoms with E-state index in [-0.39, 0.29) is 0 Å². The first-order chi connectivity index (χ1) is 9.16. The topological polar surface area (TPSA) is 32.7 Å². The number of hydrogen-bond acceptors (Lipinski definition) is 3. The Hall–Kier alpha value is -2.00. The molecule has 0 aliphatic carbocycles. The minimum absolute atomic E-state index is 0.497. The van der Waals surface area contributed by atoms with Crippen LogP contribution in [0.1, 0.15) is 22.8 Å². The van der Waals surface area contributed by atoms with Crippen LogP contribution in [0.3, 0.4) is 0 Å². The first-order valence-corrected chi connectivity index (χ1v) is 6.37. The lowest BCUT2D eigenvalue weighted by Gasteiger charge is -2.17. The summed E-state index contributed by atoms with van der Waals surface area (Å²) in [6.07, 6.45) is -0.620. The lowest BCUT2D eigenvalue weighted by atomic mass is 9.97. The molecule has 0 saturated heterocycles. The summed E-state index contributed by atoms with van der Waals surface area (Å²) in [7, 11) is 3.98. The van der Waals surface area contributed by atoms with Gasteiger partial charge in [0.1, 0.15) is 18.5 Å². The monoisotopic (exact) mass is 255 g/mol. The van der Waals surface area contributed by atoms with Crippen LogP contribution in [0.5, 0.6) is 5.75 Å². The minimum atomic E-state index is -0.620. The Morgan fingerprint density at radius 3 is 2.68 bits per heavy atom. The standard InChI is InChI=1S/C16H17NO2/c1-17(2)12-7-8-14-15(9-12)19-10-11-5-3-4-6-13(11)16(14)18/h3-9,16,18H,10H2,1-2H3. The number of ether oxygens (including phenoxy) is 1. The van der Waals surface area contributed by atoms with Crippen molar-refractivity contribution in [1.29, 1.82) is 0 Å². The summed E-state index contributed by atoms with van der Waals surface area (Å²) in [6, 6.07) is 13.8. The Morgan fingerprint density at radius 2 is 1.89 bits per heavy atom. The molecule has 1 atom stereocenters. The van der Waals surface area contributed by atoms with E-state index >= 15 is 0 Å². The van der Waals surface area contributed by atoms with Crippen LogP contribution >= 0.6 is 0 Å². The molecule has 19 heavy (non-hydrogen) atoms. The van der Waals surface area contributed by atoms with E-state index in [0.717, 1.165) is 28.1 Å². The molecular formula is C16H17NO2. The smallest absolute Gasteiger partial charge is 0.128 e. The number of fused-ring (bicyclic) bond motifs is 2. The molecule has 98 valence electrons. The molecule has 0 bridgehead atoms. The molecule has 1 N–H and O–H groups in total. The van der Waals surface area contributed by atoms with Crippen LogP contribution in [0.4, 0.5) is 5.69 Å². The lowest BCUT2D eigenvalue weighted by Crippen LogP contribution is -2.09. The van der Waals surface area contributed by atoms with E-state index in [9.17, 15) is 5.11 Å². The second-order valence-corrected chi connectivity index (χ2v) is 5.01. The number of anilines is 1. The van der Waals surface area contributed by atoms with E-state index in [2.05, 4.69) is 0 Å². The number of benzene rings is 2. The van der Waals surface area contributed by atoms with Gasteiger partial charge in [0, 0.05) is 31.4 Å². The van der Waals surface area contributed by atoms with Gasteiger partial charge in [-0.05, 0) is 17.2 Å². The van der Waals surface area contributed by atoms with Gasteiger partial charge in [-0.2, -0.15) is 0 Å². The molecule has 3 heteroatoms. The summed E-state index contributed by atoms with van der Waals surface area (Å²) in [4.78, 5) is 2.02. The molecule has 0 amide bonds. The highest BCUT2D eigenvalue weighted by Crippen LogP contribution is 2.37. The van der Waals surface area contributed by atoms with Gasteiger partial charge in [0.2, 0.25) is 0 Å². The Kier molecular flexibility index (Phi) is 2.91. The predicted molar refractivity (Wildman–Crippen MR) is 75.6 cm³/mol. The van der Waals surface area contributed by atoms with Crippen LogP contribution in [0.25, 0.3) is 0 Å². The van der Waals surface area contributed by atoms with Crippen molar-refractivity contribution in [2.75, 3.05) is 19.0 Å². The normalized spacial score (nSPS) is 16.9. The highest BCUT2D eigenvalue weighted by Gasteiger charge is 2.22. The second kappa shape index (κ2) is 4.59. The van der Waals surface area contributed by atoms with Gasteiger partial charge in [-0.15, -0.1) is 0 Å². The van der Waals surface area contributed by atoms with Crippen LogP contribution in [-0.2, 0) is 6.61 Å². The molecule has 0 saturated carbocycles. The highest BCUT2D eigenvalue weighted by atomic mass is 16.5. The molecule has 0 fully saturated rings. The van der Waals surface area contributed by atoms with Crippen molar-refractivity contribution in [2.24, 2.45) is 0 Å². The molecule has 3 nitrogen and oxygen atoms in total. The van der Waals surface area contributed by atoms with Crippen molar-refractivity contribution >= 4 is 5.69 Å². The first kappa shape index (κ1) is 12.1. The fourth-order valence-electron chi connectivity index (χ4n) is 2.41. The number of nitrogens with zero attached hydrogens (tertiary/aromatic N) is 1. The van der Waals surface area contributed by atoms with Gasteiger partial charge in [-0.1, -0.05) is 30.3 Å². The third kappa shape index (κ3) is 2.06. The summed E-state index contributed by atoms with van der Waals surface area (Å²) in [6.45, 7) is 0.497. The van der Waals surface area contributed by atoms with E-state index in [1.54, 1.807) is 0 Å². The zero-order valence-corrected chi connectivity index (χ0v) is 11.1. The minimum Gasteiger partial charge on any atom is -0.488 e. The highest BCUT2D eigenvalue weighted by molar-refractivity contribution is 5.55. The molecule has 0 aromatic heterocycles. The Labute approximate surface area is 113 Å². The quantitative estimate of drug-likeness (QED) is 0.850. The maximum absolute atomic E-state index is 10.5. The van der Waals surface area contributed by atoms with Crippen molar-refractivity contribution in [3.05, 3.63) is 59.2 Å². The number of aliphatic hydroxyl groups is 1. The number of aliphatic hydroxyl groups excluding tert-OH is 1. The van der Waals surface area contributed by atoms with Gasteiger partial charge in [-0.3, -0.25) is 0 Å². The first-order valence-electron chi connectivity index (χ1n) is 6.37. The molecule has 2 aromatic carbocycles. The van der Waals surface area contributed by atoms with E-state index in [1.807, 2.05) is 61.5 Å². The van der Waals surface area contributed by atoms with E-state index in [1.165, 1.54) is 0 Å². The molecular weight excluding hydrogens is 238 g/mol. The molecule has 2 aromatic rings. The third-order valence-corrected chi connectivity index (χ3v) is 3.54. The average Bonchev–Trinajstić information content (AvgIpc) is 2.57. The Morgan fingerprint density at radius 1 is 1.11 bits per heavy atom. The van der Waals surface area contributed by atoms with Crippen LogP contribution in [0.15, 0.2) is 42.5 Å². The molecule has 0 spiro atoms. The SMILES string of the molecule is CN(C)c1ccc2c(c1)OCc1ccccc1C2O. The Bertz CT molecular complexity index is 607. The van der Waals surface area contributed by atoms with Gasteiger partial charge in [0.25, 0.3) is 0 Å². The van der Waals surface area contributed by atoms with Crippen LogP contribution in [0.2, 0.25) is 0 Å². The fraction of sp³-hybridized carbons (Fsp3) is 0.250. The van der Waals surface area contributed by atoms with E-state index < -0.39 is 6.10 Å². The lowest BCUT2D eigenvalue weighted by molar-refractivity contribution is 0.218. The maximum Gasteiger partial charge on any atom is 0.128 e. The predicted octanol–water partition coefficient (Wildman–Crippen LogP) is 2.73. The molecule has 3 rings (SSSR count). The molecule has 1 unspecified atom stereocenters. The molecule has 1 aliphatic heterocycles. The maximum atomic E-state index is 10.5. The fourth-order valence-corrected chi connectivity index (χ4v) is 2.41. The van der Waals surface area contributed by atoms with Crippen molar-refractivity contribution < 1.29 is 9.84 Å². The van der Waals surface area contributed by atoms with Gasteiger partial charge >= 0.3 is 0 Å². The van der Waals surface area contributed by atoms with Gasteiger partial charge in [0.05, 0.1) is 0 Å².